The Morgan fingerprint density at radius 1 is 1.42 bits per heavy atom. The third-order valence-electron chi connectivity index (χ3n) is 2.83. The molecule has 5 nitrogen and oxygen atoms in total. The number of nitrogens with two attached hydrogens (primary N) is 1. The van der Waals surface area contributed by atoms with Gasteiger partial charge in [0.2, 0.25) is 11.7 Å². The highest BCUT2D eigenvalue weighted by Crippen LogP contribution is 2.25. The van der Waals surface area contributed by atoms with E-state index in [9.17, 15) is 0 Å². The number of aromatic nitrogens is 2. The highest BCUT2D eigenvalue weighted by Gasteiger charge is 2.10. The Kier molecular flexibility index (Phi) is 4.16. The summed E-state index contributed by atoms with van der Waals surface area (Å²) in [5.74, 6) is 1.94. The fraction of sp³-hybridized carbons (Fsp3) is 0.429. The summed E-state index contributed by atoms with van der Waals surface area (Å²) in [4.78, 5) is 4.20. The first-order chi connectivity index (χ1) is 9.10. The van der Waals surface area contributed by atoms with Crippen molar-refractivity contribution in [3.63, 3.8) is 0 Å². The van der Waals surface area contributed by atoms with E-state index >= 15 is 0 Å². The van der Waals surface area contributed by atoms with Crippen molar-refractivity contribution in [1.29, 1.82) is 0 Å². The van der Waals surface area contributed by atoms with Crippen molar-refractivity contribution in [2.24, 2.45) is 5.73 Å². The van der Waals surface area contributed by atoms with Crippen LogP contribution in [-0.4, -0.2) is 10.1 Å². The van der Waals surface area contributed by atoms with E-state index in [4.69, 9.17) is 15.0 Å². The van der Waals surface area contributed by atoms with Crippen LogP contribution in [0.3, 0.4) is 0 Å². The van der Waals surface area contributed by atoms with Gasteiger partial charge in [0, 0.05) is 18.0 Å². The fourth-order valence-corrected chi connectivity index (χ4v) is 1.79. The van der Waals surface area contributed by atoms with Gasteiger partial charge in [0.25, 0.3) is 0 Å². The second kappa shape index (κ2) is 5.84. The van der Waals surface area contributed by atoms with E-state index in [0.29, 0.717) is 11.7 Å². The molecule has 0 saturated heterocycles. The number of benzene rings is 1. The van der Waals surface area contributed by atoms with Crippen LogP contribution < -0.4 is 10.5 Å². The second-order valence-electron chi connectivity index (χ2n) is 4.58. The van der Waals surface area contributed by atoms with Crippen LogP contribution in [0.15, 0.2) is 22.7 Å². The van der Waals surface area contributed by atoms with Gasteiger partial charge in [0.15, 0.2) is 6.61 Å². The molecule has 0 spiro atoms. The van der Waals surface area contributed by atoms with E-state index in [2.05, 4.69) is 10.1 Å². The topological polar surface area (TPSA) is 74.2 Å². The third kappa shape index (κ3) is 3.32. The monoisotopic (exact) mass is 261 g/mol. The summed E-state index contributed by atoms with van der Waals surface area (Å²) in [7, 11) is 0. The van der Waals surface area contributed by atoms with E-state index in [0.717, 1.165) is 23.3 Å². The summed E-state index contributed by atoms with van der Waals surface area (Å²) in [6.07, 6.45) is 0.725. The van der Waals surface area contributed by atoms with Gasteiger partial charge in [0.1, 0.15) is 5.75 Å². The van der Waals surface area contributed by atoms with Crippen LogP contribution in [-0.2, 0) is 13.0 Å². The molecule has 0 bridgehead atoms. The maximum atomic E-state index is 5.95. The van der Waals surface area contributed by atoms with Crippen molar-refractivity contribution in [3.8, 4) is 5.75 Å². The lowest BCUT2D eigenvalue weighted by atomic mass is 10.1. The first kappa shape index (κ1) is 13.5. The van der Waals surface area contributed by atoms with Gasteiger partial charge in [-0.2, -0.15) is 4.98 Å². The molecule has 5 heteroatoms. The molecular weight excluding hydrogens is 242 g/mol. The predicted octanol–water partition coefficient (Wildman–Crippen LogP) is 2.54. The quantitative estimate of drug-likeness (QED) is 0.895. The maximum Gasteiger partial charge on any atom is 0.226 e. The minimum atomic E-state index is -0.0774. The summed E-state index contributed by atoms with van der Waals surface area (Å²) >= 11 is 0. The van der Waals surface area contributed by atoms with Gasteiger partial charge in [-0.15, -0.1) is 0 Å². The van der Waals surface area contributed by atoms with Gasteiger partial charge in [-0.05, 0) is 19.9 Å². The van der Waals surface area contributed by atoms with Gasteiger partial charge in [-0.3, -0.25) is 0 Å². The van der Waals surface area contributed by atoms with E-state index in [1.54, 1.807) is 0 Å². The van der Waals surface area contributed by atoms with E-state index < -0.39 is 0 Å². The lowest BCUT2D eigenvalue weighted by Crippen LogP contribution is -2.09. The Bertz CT molecular complexity index is 549. The van der Waals surface area contributed by atoms with Gasteiger partial charge in [-0.1, -0.05) is 29.8 Å². The number of ether oxygens (including phenoxy) is 1. The zero-order valence-corrected chi connectivity index (χ0v) is 11.5. The largest absolute Gasteiger partial charge is 0.485 e. The van der Waals surface area contributed by atoms with Gasteiger partial charge >= 0.3 is 0 Å². The molecule has 0 aliphatic rings. The number of hydrogen-bond acceptors (Lipinski definition) is 5. The Hall–Kier alpha value is -1.88. The summed E-state index contributed by atoms with van der Waals surface area (Å²) < 4.78 is 10.8. The van der Waals surface area contributed by atoms with Crippen molar-refractivity contribution in [2.45, 2.75) is 39.8 Å². The lowest BCUT2D eigenvalue weighted by Gasteiger charge is -2.13. The van der Waals surface area contributed by atoms with Crippen LogP contribution >= 0.6 is 0 Å². The number of aryl methyl sites for hydroxylation is 2. The molecule has 1 aromatic heterocycles. The summed E-state index contributed by atoms with van der Waals surface area (Å²) in [5.41, 5.74) is 8.09. The molecule has 102 valence electrons. The Balaban J connectivity index is 2.10. The molecule has 2 N–H and O–H groups in total. The molecule has 1 heterocycles. The molecular formula is C14H19N3O2. The summed E-state index contributed by atoms with van der Waals surface area (Å²) in [6, 6.07) is 5.88. The molecule has 0 fully saturated rings. The average molecular weight is 261 g/mol. The van der Waals surface area contributed by atoms with Crippen molar-refractivity contribution in [2.75, 3.05) is 0 Å². The van der Waals surface area contributed by atoms with Crippen LogP contribution in [0.25, 0.3) is 0 Å². The number of rotatable bonds is 5. The molecule has 2 aromatic rings. The van der Waals surface area contributed by atoms with Crippen LogP contribution in [0.2, 0.25) is 0 Å². The molecule has 2 rings (SSSR count). The van der Waals surface area contributed by atoms with Crippen molar-refractivity contribution in [1.82, 2.24) is 10.1 Å². The van der Waals surface area contributed by atoms with E-state index in [1.165, 1.54) is 0 Å². The molecule has 1 unspecified atom stereocenters. The first-order valence-electron chi connectivity index (χ1n) is 6.40. The molecule has 0 saturated carbocycles. The standard InChI is InChI=1S/C14H19N3O2/c1-4-14-16-13(17-19-14)8-18-12-6-5-9(2)7-11(12)10(3)15/h5-7,10H,4,8,15H2,1-3H3. The normalized spacial score (nSPS) is 12.4. The van der Waals surface area contributed by atoms with Crippen molar-refractivity contribution in [3.05, 3.63) is 41.0 Å². The van der Waals surface area contributed by atoms with E-state index in [-0.39, 0.29) is 12.6 Å². The average Bonchev–Trinajstić information content (AvgIpc) is 2.85. The van der Waals surface area contributed by atoms with Gasteiger partial charge in [0.05, 0.1) is 0 Å². The predicted molar refractivity (Wildman–Crippen MR) is 71.8 cm³/mol. The highest BCUT2D eigenvalue weighted by atomic mass is 16.5. The number of nitrogens with zero attached hydrogens (tertiary/aromatic N) is 2. The Morgan fingerprint density at radius 3 is 2.84 bits per heavy atom. The fourth-order valence-electron chi connectivity index (χ4n) is 1.79. The third-order valence-corrected chi connectivity index (χ3v) is 2.83. The van der Waals surface area contributed by atoms with E-state index in [1.807, 2.05) is 39.0 Å². The summed E-state index contributed by atoms with van der Waals surface area (Å²) in [6.45, 7) is 6.21. The number of hydrogen-bond donors (Lipinski definition) is 1. The highest BCUT2D eigenvalue weighted by molar-refractivity contribution is 5.38. The van der Waals surface area contributed by atoms with Crippen LogP contribution in [0.5, 0.6) is 5.75 Å². The maximum absolute atomic E-state index is 5.95. The molecule has 1 atom stereocenters. The molecule has 0 radical (unpaired) electrons. The smallest absolute Gasteiger partial charge is 0.226 e. The minimum absolute atomic E-state index is 0.0774. The zero-order chi connectivity index (χ0) is 13.8. The van der Waals surface area contributed by atoms with Crippen molar-refractivity contribution < 1.29 is 9.26 Å². The van der Waals surface area contributed by atoms with Gasteiger partial charge in [-0.25, -0.2) is 0 Å². The first-order valence-corrected chi connectivity index (χ1v) is 6.40. The van der Waals surface area contributed by atoms with Crippen LogP contribution in [0.4, 0.5) is 0 Å². The second-order valence-corrected chi connectivity index (χ2v) is 4.58. The SMILES string of the molecule is CCc1nc(COc2ccc(C)cc2C(C)N)no1. The summed E-state index contributed by atoms with van der Waals surface area (Å²) in [5, 5.41) is 3.85. The zero-order valence-electron chi connectivity index (χ0n) is 11.5. The molecule has 0 aliphatic heterocycles. The lowest BCUT2D eigenvalue weighted by molar-refractivity contribution is 0.281. The van der Waals surface area contributed by atoms with Crippen molar-refractivity contribution >= 4 is 0 Å². The minimum Gasteiger partial charge on any atom is -0.485 e. The Morgan fingerprint density at radius 2 is 2.21 bits per heavy atom. The van der Waals surface area contributed by atoms with Crippen LogP contribution in [0.1, 0.15) is 42.7 Å². The van der Waals surface area contributed by atoms with Crippen LogP contribution in [0, 0.1) is 6.92 Å². The van der Waals surface area contributed by atoms with Gasteiger partial charge < -0.3 is 15.0 Å². The molecule has 0 aliphatic carbocycles. The molecule has 19 heavy (non-hydrogen) atoms. The molecule has 0 amide bonds. The Labute approximate surface area is 112 Å². The molecule has 1 aromatic carbocycles.